The smallest absolute Gasteiger partial charge is 0.250 e. The molecule has 2 rings (SSSR count). The van der Waals surface area contributed by atoms with Gasteiger partial charge in [0.05, 0.1) is 0 Å². The Kier molecular flexibility index (Phi) is 3.15. The van der Waals surface area contributed by atoms with Crippen LogP contribution in [-0.2, 0) is 13.0 Å². The third kappa shape index (κ3) is 2.05. The highest BCUT2D eigenvalue weighted by Gasteiger charge is 2.20. The molecule has 1 aromatic heterocycles. The number of fused-ring (bicyclic) bond motifs is 1. The normalized spacial score (nSPS) is 19.9. The lowest BCUT2D eigenvalue weighted by Gasteiger charge is -2.26. The average molecular weight is 220 g/mol. The molecule has 0 spiro atoms. The molecule has 0 bridgehead atoms. The van der Waals surface area contributed by atoms with Crippen LogP contribution in [0.25, 0.3) is 0 Å². The van der Waals surface area contributed by atoms with Crippen molar-refractivity contribution in [3.63, 3.8) is 0 Å². The molecule has 1 aromatic rings. The molecule has 3 heteroatoms. The van der Waals surface area contributed by atoms with Crippen LogP contribution in [0.15, 0.2) is 16.9 Å². The quantitative estimate of drug-likeness (QED) is 0.826. The molecule has 1 aliphatic rings. The number of nitrogens with zero attached hydrogens (tertiary/aromatic N) is 1. The number of hydrogen-bond acceptors (Lipinski definition) is 2. The minimum absolute atomic E-state index is 0.113. The molecule has 0 saturated carbocycles. The van der Waals surface area contributed by atoms with Crippen molar-refractivity contribution >= 4 is 0 Å². The van der Waals surface area contributed by atoms with E-state index in [1.54, 1.807) is 6.07 Å². The maximum Gasteiger partial charge on any atom is 0.250 e. The number of rotatable bonds is 2. The van der Waals surface area contributed by atoms with Gasteiger partial charge >= 0.3 is 0 Å². The van der Waals surface area contributed by atoms with Crippen LogP contribution >= 0.6 is 0 Å². The maximum atomic E-state index is 11.9. The molecular weight excluding hydrogens is 200 g/mol. The number of pyridine rings is 1. The second-order valence-electron chi connectivity index (χ2n) is 5.08. The lowest BCUT2D eigenvalue weighted by Crippen LogP contribution is -2.30. The Morgan fingerprint density at radius 1 is 1.50 bits per heavy atom. The van der Waals surface area contributed by atoms with E-state index in [-0.39, 0.29) is 11.6 Å². The molecule has 0 amide bonds. The fourth-order valence-corrected chi connectivity index (χ4v) is 2.46. The molecule has 88 valence electrons. The van der Waals surface area contributed by atoms with Gasteiger partial charge in [-0.25, -0.2) is 0 Å². The Hall–Kier alpha value is -1.09. The van der Waals surface area contributed by atoms with E-state index < -0.39 is 0 Å². The molecule has 1 atom stereocenters. The van der Waals surface area contributed by atoms with E-state index in [0.29, 0.717) is 5.92 Å². The molecule has 1 heterocycles. The summed E-state index contributed by atoms with van der Waals surface area (Å²) < 4.78 is 1.92. The van der Waals surface area contributed by atoms with E-state index in [1.165, 1.54) is 11.3 Å². The summed E-state index contributed by atoms with van der Waals surface area (Å²) in [6.07, 6.45) is 3.12. The van der Waals surface area contributed by atoms with Crippen LogP contribution in [0.2, 0.25) is 0 Å². The topological polar surface area (TPSA) is 48.0 Å². The number of nitrogens with two attached hydrogens (primary N) is 1. The lowest BCUT2D eigenvalue weighted by atomic mass is 9.91. The van der Waals surface area contributed by atoms with E-state index in [0.717, 1.165) is 25.8 Å². The van der Waals surface area contributed by atoms with Crippen LogP contribution in [0.1, 0.15) is 44.0 Å². The Morgan fingerprint density at radius 3 is 2.94 bits per heavy atom. The van der Waals surface area contributed by atoms with Crippen LogP contribution in [0.3, 0.4) is 0 Å². The first-order valence-electron chi connectivity index (χ1n) is 6.08. The minimum atomic E-state index is 0.113. The fourth-order valence-electron chi connectivity index (χ4n) is 2.46. The van der Waals surface area contributed by atoms with E-state index in [4.69, 9.17) is 5.73 Å². The van der Waals surface area contributed by atoms with E-state index in [1.807, 2.05) is 10.6 Å². The van der Waals surface area contributed by atoms with Gasteiger partial charge in [0.1, 0.15) is 0 Å². The highest BCUT2D eigenvalue weighted by molar-refractivity contribution is 5.27. The summed E-state index contributed by atoms with van der Waals surface area (Å²) in [6.45, 7) is 5.07. The predicted molar refractivity (Wildman–Crippen MR) is 65.4 cm³/mol. The van der Waals surface area contributed by atoms with Gasteiger partial charge in [-0.15, -0.1) is 0 Å². The van der Waals surface area contributed by atoms with Crippen molar-refractivity contribution < 1.29 is 0 Å². The first-order valence-corrected chi connectivity index (χ1v) is 6.08. The van der Waals surface area contributed by atoms with Gasteiger partial charge in [-0.2, -0.15) is 0 Å². The first-order chi connectivity index (χ1) is 7.59. The van der Waals surface area contributed by atoms with Crippen molar-refractivity contribution in [2.24, 2.45) is 11.7 Å². The number of aromatic nitrogens is 1. The van der Waals surface area contributed by atoms with Crippen molar-refractivity contribution in [3.8, 4) is 0 Å². The van der Waals surface area contributed by atoms with Gasteiger partial charge < -0.3 is 10.3 Å². The molecule has 0 fully saturated rings. The van der Waals surface area contributed by atoms with E-state index in [9.17, 15) is 4.79 Å². The second kappa shape index (κ2) is 4.42. The van der Waals surface area contributed by atoms with Gasteiger partial charge in [0.15, 0.2) is 0 Å². The highest BCUT2D eigenvalue weighted by Crippen LogP contribution is 2.26. The molecule has 2 N–H and O–H groups in total. The van der Waals surface area contributed by atoms with Gasteiger partial charge in [-0.3, -0.25) is 4.79 Å². The van der Waals surface area contributed by atoms with Gasteiger partial charge in [0.25, 0.3) is 5.56 Å². The Balaban J connectivity index is 2.50. The predicted octanol–water partition coefficient (Wildman–Crippen LogP) is 1.84. The maximum absolute atomic E-state index is 11.9. The summed E-state index contributed by atoms with van der Waals surface area (Å²) in [5.74, 6) is 0.488. The monoisotopic (exact) mass is 220 g/mol. The van der Waals surface area contributed by atoms with Gasteiger partial charge in [0, 0.05) is 24.3 Å². The lowest BCUT2D eigenvalue weighted by molar-refractivity contribution is 0.464. The Labute approximate surface area is 96.3 Å². The Morgan fingerprint density at radius 2 is 2.25 bits per heavy atom. The van der Waals surface area contributed by atoms with Gasteiger partial charge in [-0.1, -0.05) is 19.9 Å². The SMILES string of the molecule is CC(C)Cn1c2c(ccc1=O)[C@H](N)CCC2. The molecular formula is C13H20N2O. The summed E-state index contributed by atoms with van der Waals surface area (Å²) >= 11 is 0. The molecule has 3 nitrogen and oxygen atoms in total. The summed E-state index contributed by atoms with van der Waals surface area (Å²) in [7, 11) is 0. The third-order valence-corrected chi connectivity index (χ3v) is 3.21. The van der Waals surface area contributed by atoms with Gasteiger partial charge in [-0.05, 0) is 30.7 Å². The molecule has 0 unspecified atom stereocenters. The van der Waals surface area contributed by atoms with Crippen LogP contribution in [-0.4, -0.2) is 4.57 Å². The minimum Gasteiger partial charge on any atom is -0.324 e. The molecule has 0 saturated heterocycles. The van der Waals surface area contributed by atoms with Gasteiger partial charge in [0.2, 0.25) is 0 Å². The van der Waals surface area contributed by atoms with Crippen LogP contribution < -0.4 is 11.3 Å². The molecule has 1 aliphatic carbocycles. The van der Waals surface area contributed by atoms with Crippen molar-refractivity contribution in [1.82, 2.24) is 4.57 Å². The Bertz CT molecular complexity index is 434. The van der Waals surface area contributed by atoms with Crippen molar-refractivity contribution in [1.29, 1.82) is 0 Å². The zero-order chi connectivity index (χ0) is 11.7. The molecule has 0 radical (unpaired) electrons. The van der Waals surface area contributed by atoms with Crippen LogP contribution in [0, 0.1) is 5.92 Å². The third-order valence-electron chi connectivity index (χ3n) is 3.21. The standard InChI is InChI=1S/C13H20N2O/c1-9(2)8-15-12-5-3-4-11(14)10(12)6-7-13(15)16/h6-7,9,11H,3-5,8,14H2,1-2H3/t11-/m1/s1. The summed E-state index contributed by atoms with van der Waals surface area (Å²) in [4.78, 5) is 11.9. The molecule has 0 aliphatic heterocycles. The first kappa shape index (κ1) is 11.4. The largest absolute Gasteiger partial charge is 0.324 e. The number of hydrogen-bond donors (Lipinski definition) is 1. The van der Waals surface area contributed by atoms with Crippen molar-refractivity contribution in [3.05, 3.63) is 33.7 Å². The zero-order valence-corrected chi connectivity index (χ0v) is 10.1. The van der Waals surface area contributed by atoms with Crippen LogP contribution in [0.4, 0.5) is 0 Å². The van der Waals surface area contributed by atoms with Crippen molar-refractivity contribution in [2.75, 3.05) is 0 Å². The van der Waals surface area contributed by atoms with E-state index >= 15 is 0 Å². The second-order valence-corrected chi connectivity index (χ2v) is 5.08. The van der Waals surface area contributed by atoms with Crippen molar-refractivity contribution in [2.45, 2.75) is 45.7 Å². The average Bonchev–Trinajstić information content (AvgIpc) is 2.22. The summed E-state index contributed by atoms with van der Waals surface area (Å²) in [6, 6.07) is 3.69. The summed E-state index contributed by atoms with van der Waals surface area (Å²) in [5, 5.41) is 0. The zero-order valence-electron chi connectivity index (χ0n) is 10.1. The van der Waals surface area contributed by atoms with Crippen LogP contribution in [0.5, 0.6) is 0 Å². The fraction of sp³-hybridized carbons (Fsp3) is 0.615. The highest BCUT2D eigenvalue weighted by atomic mass is 16.1. The van der Waals surface area contributed by atoms with E-state index in [2.05, 4.69) is 13.8 Å². The summed E-state index contributed by atoms with van der Waals surface area (Å²) in [5.41, 5.74) is 8.53. The molecule has 0 aromatic carbocycles. The molecule has 16 heavy (non-hydrogen) atoms.